The zero-order chi connectivity index (χ0) is 15.0. The number of nitrogens with zero attached hydrogens (tertiary/aromatic N) is 1. The first kappa shape index (κ1) is 15.6. The topological polar surface area (TPSA) is 64.6 Å². The molecule has 0 aromatic heterocycles. The van der Waals surface area contributed by atoms with Gasteiger partial charge in [-0.25, -0.2) is 4.79 Å². The minimum atomic E-state index is -0.0138. The summed E-state index contributed by atoms with van der Waals surface area (Å²) in [6.45, 7) is 9.19. The number of piperidine rings is 1. The van der Waals surface area contributed by atoms with Gasteiger partial charge in [0, 0.05) is 29.7 Å². The molecule has 1 aliphatic heterocycles. The number of carbonyl (C=O) groups excluding carboxylic acids is 1. The Labute approximate surface area is 122 Å². The van der Waals surface area contributed by atoms with Crippen molar-refractivity contribution in [2.45, 2.75) is 76.5 Å². The number of aliphatic hydroxyl groups excluding tert-OH is 1. The van der Waals surface area contributed by atoms with E-state index in [1.54, 1.807) is 4.90 Å². The molecule has 0 radical (unpaired) electrons. The Morgan fingerprint density at radius 1 is 1.25 bits per heavy atom. The van der Waals surface area contributed by atoms with Gasteiger partial charge in [0.2, 0.25) is 0 Å². The number of aliphatic hydroxyl groups is 1. The van der Waals surface area contributed by atoms with Crippen LogP contribution < -0.4 is 10.6 Å². The van der Waals surface area contributed by atoms with Gasteiger partial charge in [-0.3, -0.25) is 0 Å². The van der Waals surface area contributed by atoms with Crippen LogP contribution in [-0.2, 0) is 0 Å². The van der Waals surface area contributed by atoms with Gasteiger partial charge in [0.05, 0.1) is 6.61 Å². The Kier molecular flexibility index (Phi) is 4.30. The summed E-state index contributed by atoms with van der Waals surface area (Å²) in [5.74, 6) is 0. The van der Waals surface area contributed by atoms with E-state index in [9.17, 15) is 4.79 Å². The van der Waals surface area contributed by atoms with E-state index in [0.29, 0.717) is 12.6 Å². The molecule has 5 nitrogen and oxygen atoms in total. The van der Waals surface area contributed by atoms with Crippen molar-refractivity contribution in [3.05, 3.63) is 0 Å². The average molecular weight is 283 g/mol. The van der Waals surface area contributed by atoms with Crippen LogP contribution in [0.1, 0.15) is 53.4 Å². The molecular formula is C15H29N3O2. The van der Waals surface area contributed by atoms with Crippen molar-refractivity contribution in [3.63, 3.8) is 0 Å². The molecule has 20 heavy (non-hydrogen) atoms. The van der Waals surface area contributed by atoms with E-state index in [4.69, 9.17) is 5.11 Å². The van der Waals surface area contributed by atoms with Crippen LogP contribution in [0.2, 0.25) is 0 Å². The molecule has 2 amide bonds. The predicted molar refractivity (Wildman–Crippen MR) is 79.7 cm³/mol. The van der Waals surface area contributed by atoms with Crippen LogP contribution in [0, 0.1) is 0 Å². The molecule has 1 saturated heterocycles. The number of nitrogens with one attached hydrogen (secondary N) is 2. The van der Waals surface area contributed by atoms with Gasteiger partial charge < -0.3 is 20.6 Å². The molecule has 2 rings (SSSR count). The first-order chi connectivity index (χ1) is 9.22. The zero-order valence-corrected chi connectivity index (χ0v) is 13.2. The molecule has 1 aliphatic carbocycles. The second-order valence-electron chi connectivity index (χ2n) is 7.60. The van der Waals surface area contributed by atoms with Gasteiger partial charge >= 0.3 is 6.03 Å². The summed E-state index contributed by atoms with van der Waals surface area (Å²) in [5.41, 5.74) is 0.0577. The van der Waals surface area contributed by atoms with Crippen molar-refractivity contribution in [1.82, 2.24) is 15.5 Å². The molecule has 0 aromatic carbocycles. The SMILES string of the molecule is CC1(C)CC(NC(=O)N(CCO)C2CC2)CC(C)(C)N1. The maximum atomic E-state index is 12.4. The maximum Gasteiger partial charge on any atom is 0.317 e. The molecule has 5 heteroatoms. The first-order valence-corrected chi connectivity index (χ1v) is 7.70. The van der Waals surface area contributed by atoms with Crippen LogP contribution in [0.25, 0.3) is 0 Å². The number of rotatable bonds is 4. The molecule has 2 aliphatic rings. The van der Waals surface area contributed by atoms with Crippen LogP contribution in [0.4, 0.5) is 4.79 Å². The van der Waals surface area contributed by atoms with Crippen LogP contribution in [0.3, 0.4) is 0 Å². The third-order valence-corrected chi connectivity index (χ3v) is 4.11. The number of urea groups is 1. The molecule has 0 atom stereocenters. The summed E-state index contributed by atoms with van der Waals surface area (Å²) in [6, 6.07) is 0.513. The van der Waals surface area contributed by atoms with E-state index in [1.807, 2.05) is 0 Å². The molecule has 1 heterocycles. The third-order valence-electron chi connectivity index (χ3n) is 4.11. The van der Waals surface area contributed by atoms with Gasteiger partial charge in [0.15, 0.2) is 0 Å². The zero-order valence-electron chi connectivity index (χ0n) is 13.2. The van der Waals surface area contributed by atoms with Crippen LogP contribution in [-0.4, -0.2) is 52.4 Å². The first-order valence-electron chi connectivity index (χ1n) is 7.70. The Hall–Kier alpha value is -0.810. The lowest BCUT2D eigenvalue weighted by Crippen LogP contribution is -2.63. The normalized spacial score (nSPS) is 25.2. The molecular weight excluding hydrogens is 254 g/mol. The second kappa shape index (κ2) is 5.53. The smallest absolute Gasteiger partial charge is 0.317 e. The predicted octanol–water partition coefficient (Wildman–Crippen LogP) is 1.46. The van der Waals surface area contributed by atoms with Gasteiger partial charge in [-0.15, -0.1) is 0 Å². The van der Waals surface area contributed by atoms with Gasteiger partial charge in [-0.1, -0.05) is 0 Å². The average Bonchev–Trinajstić information content (AvgIpc) is 3.04. The van der Waals surface area contributed by atoms with E-state index < -0.39 is 0 Å². The molecule has 0 unspecified atom stereocenters. The van der Waals surface area contributed by atoms with Gasteiger partial charge in [-0.2, -0.15) is 0 Å². The monoisotopic (exact) mass is 283 g/mol. The molecule has 1 saturated carbocycles. The van der Waals surface area contributed by atoms with E-state index in [2.05, 4.69) is 38.3 Å². The Bertz CT molecular complexity index is 348. The van der Waals surface area contributed by atoms with Crippen LogP contribution in [0.5, 0.6) is 0 Å². The summed E-state index contributed by atoms with van der Waals surface area (Å²) < 4.78 is 0. The summed E-state index contributed by atoms with van der Waals surface area (Å²) in [7, 11) is 0. The van der Waals surface area contributed by atoms with Gasteiger partial charge in [0.1, 0.15) is 0 Å². The molecule has 116 valence electrons. The second-order valence-corrected chi connectivity index (χ2v) is 7.60. The van der Waals surface area contributed by atoms with Gasteiger partial charge in [0.25, 0.3) is 0 Å². The minimum Gasteiger partial charge on any atom is -0.395 e. The fourth-order valence-electron chi connectivity index (χ4n) is 3.63. The van der Waals surface area contributed by atoms with Crippen molar-refractivity contribution in [1.29, 1.82) is 0 Å². The van der Waals surface area contributed by atoms with Crippen molar-refractivity contribution < 1.29 is 9.90 Å². The molecule has 0 spiro atoms. The highest BCUT2D eigenvalue weighted by Crippen LogP contribution is 2.30. The highest BCUT2D eigenvalue weighted by atomic mass is 16.3. The van der Waals surface area contributed by atoms with Crippen LogP contribution in [0.15, 0.2) is 0 Å². The summed E-state index contributed by atoms with van der Waals surface area (Å²) in [6.07, 6.45) is 3.99. The highest BCUT2D eigenvalue weighted by Gasteiger charge is 2.39. The molecule has 3 N–H and O–H groups in total. The van der Waals surface area contributed by atoms with E-state index >= 15 is 0 Å². The lowest BCUT2D eigenvalue weighted by Gasteiger charge is -2.47. The van der Waals surface area contributed by atoms with Crippen molar-refractivity contribution in [2.75, 3.05) is 13.2 Å². The maximum absolute atomic E-state index is 12.4. The molecule has 0 bridgehead atoms. The number of hydrogen-bond donors (Lipinski definition) is 3. The number of carbonyl (C=O) groups is 1. The quantitative estimate of drug-likeness (QED) is 0.732. The fraction of sp³-hybridized carbons (Fsp3) is 0.933. The lowest BCUT2D eigenvalue weighted by atomic mass is 9.80. The van der Waals surface area contributed by atoms with Crippen LogP contribution >= 0.6 is 0 Å². The minimum absolute atomic E-state index is 0.0138. The number of hydrogen-bond acceptors (Lipinski definition) is 3. The number of amides is 2. The Balaban J connectivity index is 1.95. The Morgan fingerprint density at radius 3 is 2.25 bits per heavy atom. The van der Waals surface area contributed by atoms with Gasteiger partial charge in [-0.05, 0) is 53.4 Å². The molecule has 2 fully saturated rings. The van der Waals surface area contributed by atoms with Crippen molar-refractivity contribution in [2.24, 2.45) is 0 Å². The third kappa shape index (κ3) is 4.09. The highest BCUT2D eigenvalue weighted by molar-refractivity contribution is 5.75. The largest absolute Gasteiger partial charge is 0.395 e. The summed E-state index contributed by atoms with van der Waals surface area (Å²) in [5, 5.41) is 15.9. The summed E-state index contributed by atoms with van der Waals surface area (Å²) >= 11 is 0. The standard InChI is InChI=1S/C15H29N3O2/c1-14(2)9-11(10-15(3,4)17-14)16-13(20)18(7-8-19)12-5-6-12/h11-12,17,19H,5-10H2,1-4H3,(H,16,20). The van der Waals surface area contributed by atoms with E-state index in [1.165, 1.54) is 0 Å². The summed E-state index contributed by atoms with van der Waals surface area (Å²) in [4.78, 5) is 14.2. The fourth-order valence-corrected chi connectivity index (χ4v) is 3.63. The van der Waals surface area contributed by atoms with E-state index in [-0.39, 0.29) is 29.8 Å². The van der Waals surface area contributed by atoms with Crippen molar-refractivity contribution >= 4 is 6.03 Å². The van der Waals surface area contributed by atoms with E-state index in [0.717, 1.165) is 25.7 Å². The van der Waals surface area contributed by atoms with Crippen molar-refractivity contribution in [3.8, 4) is 0 Å². The lowest BCUT2D eigenvalue weighted by molar-refractivity contribution is 0.133. The molecule has 0 aromatic rings. The Morgan fingerprint density at radius 2 is 1.80 bits per heavy atom.